The monoisotopic (exact) mass is 397 g/mol. The summed E-state index contributed by atoms with van der Waals surface area (Å²) in [6.45, 7) is 6.23. The summed E-state index contributed by atoms with van der Waals surface area (Å²) < 4.78 is 2.13. The van der Waals surface area contributed by atoms with Crippen molar-refractivity contribution in [3.63, 3.8) is 0 Å². The predicted molar refractivity (Wildman–Crippen MR) is 110 cm³/mol. The van der Waals surface area contributed by atoms with E-state index >= 15 is 0 Å². The molecule has 0 atom stereocenters. The van der Waals surface area contributed by atoms with E-state index in [9.17, 15) is 10.1 Å². The summed E-state index contributed by atoms with van der Waals surface area (Å²) >= 11 is 6.17. The van der Waals surface area contributed by atoms with Crippen LogP contribution in [0.15, 0.2) is 53.7 Å². The molecule has 28 heavy (non-hydrogen) atoms. The van der Waals surface area contributed by atoms with E-state index in [-0.39, 0.29) is 12.3 Å². The molecule has 0 spiro atoms. The molecule has 0 N–H and O–H groups in total. The molecular formula is C21H20ClN3O3. The van der Waals surface area contributed by atoms with Gasteiger partial charge in [-0.3, -0.25) is 10.1 Å². The SMILES string of the molecule is Cc1ccc(Cl)cc1-n1c(C)cc(/C=N\OCc2cccc([N+](=O)[O-])c2)c1C. The Balaban J connectivity index is 1.76. The second-order valence-corrected chi connectivity index (χ2v) is 6.96. The van der Waals surface area contributed by atoms with Gasteiger partial charge in [0.25, 0.3) is 5.69 Å². The minimum atomic E-state index is -0.431. The highest BCUT2D eigenvalue weighted by atomic mass is 35.5. The van der Waals surface area contributed by atoms with Gasteiger partial charge in [-0.2, -0.15) is 0 Å². The third-order valence-electron chi connectivity index (χ3n) is 4.50. The van der Waals surface area contributed by atoms with E-state index in [1.54, 1.807) is 18.3 Å². The van der Waals surface area contributed by atoms with E-state index in [2.05, 4.69) is 9.72 Å². The first kappa shape index (κ1) is 19.6. The molecule has 0 bridgehead atoms. The highest BCUT2D eigenvalue weighted by Gasteiger charge is 2.12. The van der Waals surface area contributed by atoms with Gasteiger partial charge in [-0.25, -0.2) is 0 Å². The highest BCUT2D eigenvalue weighted by Crippen LogP contribution is 2.25. The fourth-order valence-corrected chi connectivity index (χ4v) is 3.24. The van der Waals surface area contributed by atoms with Crippen LogP contribution in [0.1, 0.15) is 28.1 Å². The van der Waals surface area contributed by atoms with Crippen molar-refractivity contribution in [2.24, 2.45) is 5.16 Å². The van der Waals surface area contributed by atoms with Crippen LogP contribution in [-0.2, 0) is 11.4 Å². The molecule has 0 saturated carbocycles. The van der Waals surface area contributed by atoms with E-state index in [1.165, 1.54) is 12.1 Å². The molecule has 2 aromatic carbocycles. The number of non-ortho nitro benzene ring substituents is 1. The second kappa shape index (κ2) is 8.27. The fraction of sp³-hybridized carbons (Fsp3) is 0.190. The van der Waals surface area contributed by atoms with Crippen LogP contribution in [0.5, 0.6) is 0 Å². The number of hydrogen-bond acceptors (Lipinski definition) is 4. The lowest BCUT2D eigenvalue weighted by atomic mass is 10.2. The van der Waals surface area contributed by atoms with Crippen LogP contribution in [0.25, 0.3) is 5.69 Å². The lowest BCUT2D eigenvalue weighted by Crippen LogP contribution is -2.02. The van der Waals surface area contributed by atoms with Crippen molar-refractivity contribution in [2.45, 2.75) is 27.4 Å². The zero-order valence-corrected chi connectivity index (χ0v) is 16.6. The zero-order chi connectivity index (χ0) is 20.3. The summed E-state index contributed by atoms with van der Waals surface area (Å²) in [6, 6.07) is 14.1. The maximum atomic E-state index is 10.8. The molecule has 3 aromatic rings. The van der Waals surface area contributed by atoms with Crippen molar-refractivity contribution in [3.05, 3.63) is 91.7 Å². The fourth-order valence-electron chi connectivity index (χ4n) is 3.08. The molecule has 0 aliphatic carbocycles. The van der Waals surface area contributed by atoms with Crippen LogP contribution in [0, 0.1) is 30.9 Å². The van der Waals surface area contributed by atoms with Crippen molar-refractivity contribution in [3.8, 4) is 5.69 Å². The number of rotatable bonds is 6. The average Bonchev–Trinajstić information content (AvgIpc) is 2.94. The van der Waals surface area contributed by atoms with Gasteiger partial charge in [-0.05, 0) is 50.1 Å². The maximum absolute atomic E-state index is 10.8. The minimum Gasteiger partial charge on any atom is -0.391 e. The van der Waals surface area contributed by atoms with Crippen LogP contribution in [0.4, 0.5) is 5.69 Å². The molecule has 0 saturated heterocycles. The molecule has 1 aromatic heterocycles. The second-order valence-electron chi connectivity index (χ2n) is 6.53. The number of nitro benzene ring substituents is 1. The molecule has 1 heterocycles. The van der Waals surface area contributed by atoms with Crippen LogP contribution in [0.3, 0.4) is 0 Å². The van der Waals surface area contributed by atoms with E-state index in [1.807, 2.05) is 45.0 Å². The molecule has 3 rings (SSSR count). The van der Waals surface area contributed by atoms with Crippen LogP contribution in [0.2, 0.25) is 5.02 Å². The van der Waals surface area contributed by atoms with E-state index in [0.29, 0.717) is 10.6 Å². The number of nitro groups is 1. The number of halogens is 1. The van der Waals surface area contributed by atoms with Gasteiger partial charge in [-0.1, -0.05) is 35.0 Å². The average molecular weight is 398 g/mol. The Labute approximate surface area is 168 Å². The molecule has 0 aliphatic heterocycles. The summed E-state index contributed by atoms with van der Waals surface area (Å²) in [5.74, 6) is 0. The van der Waals surface area contributed by atoms with Crippen LogP contribution in [-0.4, -0.2) is 15.7 Å². The lowest BCUT2D eigenvalue weighted by Gasteiger charge is -2.13. The number of oxime groups is 1. The van der Waals surface area contributed by atoms with Gasteiger partial charge in [0.1, 0.15) is 6.61 Å². The van der Waals surface area contributed by atoms with Crippen molar-refractivity contribution < 1.29 is 9.76 Å². The Kier molecular flexibility index (Phi) is 5.80. The molecule has 144 valence electrons. The van der Waals surface area contributed by atoms with Gasteiger partial charge in [-0.15, -0.1) is 0 Å². The molecule has 0 unspecified atom stereocenters. The van der Waals surface area contributed by atoms with Crippen molar-refractivity contribution >= 4 is 23.5 Å². The topological polar surface area (TPSA) is 69.7 Å². The van der Waals surface area contributed by atoms with Gasteiger partial charge < -0.3 is 9.40 Å². The number of hydrogen-bond donors (Lipinski definition) is 0. The Bertz CT molecular complexity index is 1060. The predicted octanol–water partition coefficient (Wildman–Crippen LogP) is 5.51. The summed E-state index contributed by atoms with van der Waals surface area (Å²) in [4.78, 5) is 15.7. The standard InChI is InChI=1S/C21H20ClN3O3/c1-14-7-8-19(22)11-21(14)24-15(2)9-18(16(24)3)12-23-28-13-17-5-4-6-20(10-17)25(26)27/h4-12H,13H2,1-3H3/b23-12-. The number of aryl methyl sites for hydroxylation is 2. The Hall–Kier alpha value is -3.12. The third kappa shape index (κ3) is 4.23. The maximum Gasteiger partial charge on any atom is 0.269 e. The Morgan fingerprint density at radius 2 is 1.96 bits per heavy atom. The molecule has 0 amide bonds. The summed E-state index contributed by atoms with van der Waals surface area (Å²) in [7, 11) is 0. The molecule has 6 nitrogen and oxygen atoms in total. The molecule has 7 heteroatoms. The van der Waals surface area contributed by atoms with Crippen LogP contribution < -0.4 is 0 Å². The summed E-state index contributed by atoms with van der Waals surface area (Å²) in [5, 5.41) is 15.5. The normalized spacial score (nSPS) is 11.1. The summed E-state index contributed by atoms with van der Waals surface area (Å²) in [6.07, 6.45) is 1.65. The number of aromatic nitrogens is 1. The van der Waals surface area contributed by atoms with E-state index < -0.39 is 4.92 Å². The molecule has 0 radical (unpaired) electrons. The van der Waals surface area contributed by atoms with Gasteiger partial charge in [0.2, 0.25) is 0 Å². The Morgan fingerprint density at radius 3 is 2.71 bits per heavy atom. The zero-order valence-electron chi connectivity index (χ0n) is 15.8. The van der Waals surface area contributed by atoms with E-state index in [4.69, 9.17) is 16.4 Å². The largest absolute Gasteiger partial charge is 0.391 e. The first-order valence-corrected chi connectivity index (χ1v) is 9.08. The molecule has 0 fully saturated rings. The van der Waals surface area contributed by atoms with Crippen molar-refractivity contribution in [2.75, 3.05) is 0 Å². The van der Waals surface area contributed by atoms with Crippen molar-refractivity contribution in [1.82, 2.24) is 4.57 Å². The van der Waals surface area contributed by atoms with Gasteiger partial charge in [0.05, 0.1) is 11.1 Å². The Morgan fingerprint density at radius 1 is 1.18 bits per heavy atom. The quantitative estimate of drug-likeness (QED) is 0.312. The minimum absolute atomic E-state index is 0.0329. The number of nitrogens with zero attached hydrogens (tertiary/aromatic N) is 3. The van der Waals surface area contributed by atoms with Crippen LogP contribution >= 0.6 is 11.6 Å². The first-order chi connectivity index (χ1) is 13.4. The summed E-state index contributed by atoms with van der Waals surface area (Å²) in [5.41, 5.74) is 5.87. The van der Waals surface area contributed by atoms with Gasteiger partial charge in [0.15, 0.2) is 0 Å². The third-order valence-corrected chi connectivity index (χ3v) is 4.74. The van der Waals surface area contributed by atoms with Gasteiger partial charge >= 0.3 is 0 Å². The van der Waals surface area contributed by atoms with E-state index in [0.717, 1.165) is 28.2 Å². The smallest absolute Gasteiger partial charge is 0.269 e. The van der Waals surface area contributed by atoms with Gasteiger partial charge in [0, 0.05) is 39.8 Å². The van der Waals surface area contributed by atoms with Crippen molar-refractivity contribution in [1.29, 1.82) is 0 Å². The molecule has 0 aliphatic rings. The molecular weight excluding hydrogens is 378 g/mol. The number of benzene rings is 2. The first-order valence-electron chi connectivity index (χ1n) is 8.71. The lowest BCUT2D eigenvalue weighted by molar-refractivity contribution is -0.384. The highest BCUT2D eigenvalue weighted by molar-refractivity contribution is 6.30.